The fourth-order valence-electron chi connectivity index (χ4n) is 1.35. The van der Waals surface area contributed by atoms with E-state index in [0.29, 0.717) is 18.3 Å². The summed E-state index contributed by atoms with van der Waals surface area (Å²) in [7, 11) is 0. The maximum Gasteiger partial charge on any atom is 0.188 e. The minimum absolute atomic E-state index is 0.159. The van der Waals surface area contributed by atoms with E-state index in [2.05, 4.69) is 17.2 Å². The van der Waals surface area contributed by atoms with Gasteiger partial charge in [0.25, 0.3) is 0 Å². The van der Waals surface area contributed by atoms with E-state index < -0.39 is 0 Å². The monoisotopic (exact) mass is 253 g/mol. The second-order valence-corrected chi connectivity index (χ2v) is 4.04. The Morgan fingerprint density at radius 2 is 2.33 bits per heavy atom. The third kappa shape index (κ3) is 5.52. The summed E-state index contributed by atoms with van der Waals surface area (Å²) in [4.78, 5) is 4.14. The number of guanidine groups is 1. The molecule has 1 aromatic carbocycles. The summed E-state index contributed by atoms with van der Waals surface area (Å²) in [5.74, 6) is 0.594. The lowest BCUT2D eigenvalue weighted by Crippen LogP contribution is -2.33. The van der Waals surface area contributed by atoms with E-state index in [9.17, 15) is 4.39 Å². The molecule has 0 fully saturated rings. The van der Waals surface area contributed by atoms with Crippen LogP contribution in [0.1, 0.15) is 20.3 Å². The maximum atomic E-state index is 12.9. The van der Waals surface area contributed by atoms with Crippen LogP contribution in [0, 0.1) is 5.82 Å². The molecule has 4 nitrogen and oxygen atoms in total. The number of aliphatic imine (C=N–C) groups is 1. The first kappa shape index (κ1) is 14.3. The van der Waals surface area contributed by atoms with Crippen LogP contribution in [0.25, 0.3) is 0 Å². The second-order valence-electron chi connectivity index (χ2n) is 4.04. The zero-order chi connectivity index (χ0) is 13.4. The van der Waals surface area contributed by atoms with Crippen molar-refractivity contribution in [3.05, 3.63) is 30.1 Å². The second kappa shape index (κ2) is 7.53. The molecule has 0 aromatic heterocycles. The molecule has 1 aromatic rings. The molecule has 0 aliphatic rings. The topological polar surface area (TPSA) is 59.6 Å². The summed E-state index contributed by atoms with van der Waals surface area (Å²) in [6.45, 7) is 5.14. The third-order valence-electron chi connectivity index (χ3n) is 2.21. The molecule has 0 spiro atoms. The Morgan fingerprint density at radius 3 is 3.00 bits per heavy atom. The van der Waals surface area contributed by atoms with Crippen LogP contribution in [-0.2, 0) is 0 Å². The molecule has 0 saturated carbocycles. The standard InChI is InChI=1S/C13H20FN3O/c1-3-7-16-13(15)17-9-10(2)18-12-6-4-5-11(14)8-12/h4-6,8,10H,3,7,9H2,1-2H3,(H3,15,16,17). The minimum Gasteiger partial charge on any atom is -0.489 e. The average molecular weight is 253 g/mol. The normalized spacial score (nSPS) is 13.2. The van der Waals surface area contributed by atoms with E-state index in [0.717, 1.165) is 13.0 Å². The third-order valence-corrected chi connectivity index (χ3v) is 2.21. The Morgan fingerprint density at radius 1 is 1.56 bits per heavy atom. The van der Waals surface area contributed by atoms with Gasteiger partial charge in [-0.25, -0.2) is 9.38 Å². The Balaban J connectivity index is 2.39. The fourth-order valence-corrected chi connectivity index (χ4v) is 1.35. The van der Waals surface area contributed by atoms with Crippen LogP contribution in [0.2, 0.25) is 0 Å². The molecular weight excluding hydrogens is 233 g/mol. The first-order chi connectivity index (χ1) is 8.61. The van der Waals surface area contributed by atoms with Gasteiger partial charge in [0.2, 0.25) is 0 Å². The molecule has 5 heteroatoms. The molecule has 0 aliphatic heterocycles. The summed E-state index contributed by atoms with van der Waals surface area (Å²) in [6.07, 6.45) is 0.833. The van der Waals surface area contributed by atoms with Crippen molar-refractivity contribution in [3.8, 4) is 5.75 Å². The zero-order valence-corrected chi connectivity index (χ0v) is 10.8. The summed E-state index contributed by atoms with van der Waals surface area (Å²) in [5.41, 5.74) is 5.65. The Bertz CT molecular complexity index is 396. The number of benzene rings is 1. The molecule has 1 rings (SSSR count). The van der Waals surface area contributed by atoms with Crippen LogP contribution < -0.4 is 15.8 Å². The van der Waals surface area contributed by atoms with Gasteiger partial charge in [0.15, 0.2) is 5.96 Å². The van der Waals surface area contributed by atoms with Crippen LogP contribution in [0.15, 0.2) is 29.3 Å². The molecule has 0 radical (unpaired) electrons. The van der Waals surface area contributed by atoms with Gasteiger partial charge in [-0.05, 0) is 25.5 Å². The van der Waals surface area contributed by atoms with E-state index in [4.69, 9.17) is 10.5 Å². The van der Waals surface area contributed by atoms with Crippen LogP contribution in [0.3, 0.4) is 0 Å². The molecule has 0 aliphatic carbocycles. The lowest BCUT2D eigenvalue weighted by atomic mass is 10.3. The molecule has 0 amide bonds. The largest absolute Gasteiger partial charge is 0.489 e. The molecule has 0 bridgehead atoms. The summed E-state index contributed by atoms with van der Waals surface area (Å²) in [5, 5.41) is 2.97. The Hall–Kier alpha value is -1.78. The number of hydrogen-bond acceptors (Lipinski definition) is 2. The van der Waals surface area contributed by atoms with Crippen molar-refractivity contribution >= 4 is 5.96 Å². The SMILES string of the molecule is CCCNC(N)=NCC(C)Oc1cccc(F)c1. The lowest BCUT2D eigenvalue weighted by Gasteiger charge is -2.13. The van der Waals surface area contributed by atoms with E-state index in [1.807, 2.05) is 6.92 Å². The molecule has 100 valence electrons. The Labute approximate surface area is 107 Å². The maximum absolute atomic E-state index is 12.9. The number of hydrogen-bond donors (Lipinski definition) is 2. The molecule has 0 heterocycles. The minimum atomic E-state index is -0.313. The number of nitrogens with two attached hydrogens (primary N) is 1. The van der Waals surface area contributed by atoms with Gasteiger partial charge in [-0.3, -0.25) is 0 Å². The summed E-state index contributed by atoms with van der Waals surface area (Å²) >= 11 is 0. The quantitative estimate of drug-likeness (QED) is 0.601. The highest BCUT2D eigenvalue weighted by atomic mass is 19.1. The van der Waals surface area contributed by atoms with E-state index >= 15 is 0 Å². The predicted molar refractivity (Wildman–Crippen MR) is 71.3 cm³/mol. The van der Waals surface area contributed by atoms with E-state index in [1.54, 1.807) is 12.1 Å². The van der Waals surface area contributed by atoms with Gasteiger partial charge >= 0.3 is 0 Å². The number of rotatable bonds is 6. The van der Waals surface area contributed by atoms with Crippen LogP contribution in [-0.4, -0.2) is 25.2 Å². The highest BCUT2D eigenvalue weighted by Gasteiger charge is 2.04. The van der Waals surface area contributed by atoms with Crippen molar-refractivity contribution in [2.75, 3.05) is 13.1 Å². The number of ether oxygens (including phenoxy) is 1. The van der Waals surface area contributed by atoms with Crippen molar-refractivity contribution in [2.45, 2.75) is 26.4 Å². The fraction of sp³-hybridized carbons (Fsp3) is 0.462. The highest BCUT2D eigenvalue weighted by Crippen LogP contribution is 2.13. The lowest BCUT2D eigenvalue weighted by molar-refractivity contribution is 0.229. The number of nitrogens with one attached hydrogen (secondary N) is 1. The van der Waals surface area contributed by atoms with Crippen molar-refractivity contribution in [1.82, 2.24) is 5.32 Å². The van der Waals surface area contributed by atoms with Gasteiger partial charge in [-0.15, -0.1) is 0 Å². The highest BCUT2D eigenvalue weighted by molar-refractivity contribution is 5.77. The van der Waals surface area contributed by atoms with Crippen molar-refractivity contribution in [2.24, 2.45) is 10.7 Å². The van der Waals surface area contributed by atoms with Gasteiger partial charge in [0.05, 0.1) is 6.54 Å². The van der Waals surface area contributed by atoms with Gasteiger partial charge in [-0.2, -0.15) is 0 Å². The Kier molecular flexibility index (Phi) is 5.97. The predicted octanol–water partition coefficient (Wildman–Crippen LogP) is 1.91. The summed E-state index contributed by atoms with van der Waals surface area (Å²) < 4.78 is 18.5. The number of nitrogens with zero attached hydrogens (tertiary/aromatic N) is 1. The number of halogens is 1. The van der Waals surface area contributed by atoms with Crippen molar-refractivity contribution < 1.29 is 9.13 Å². The van der Waals surface area contributed by atoms with Crippen LogP contribution >= 0.6 is 0 Å². The molecule has 1 atom stereocenters. The van der Waals surface area contributed by atoms with Crippen LogP contribution in [0.4, 0.5) is 4.39 Å². The van der Waals surface area contributed by atoms with Crippen LogP contribution in [0.5, 0.6) is 5.75 Å². The first-order valence-corrected chi connectivity index (χ1v) is 6.07. The smallest absolute Gasteiger partial charge is 0.188 e. The zero-order valence-electron chi connectivity index (χ0n) is 10.8. The average Bonchev–Trinajstić information content (AvgIpc) is 2.34. The molecule has 1 unspecified atom stereocenters. The van der Waals surface area contributed by atoms with Gasteiger partial charge in [0.1, 0.15) is 17.7 Å². The van der Waals surface area contributed by atoms with Gasteiger partial charge < -0.3 is 15.8 Å². The van der Waals surface area contributed by atoms with Crippen molar-refractivity contribution in [3.63, 3.8) is 0 Å². The van der Waals surface area contributed by atoms with Gasteiger partial charge in [-0.1, -0.05) is 13.0 Å². The first-order valence-electron chi connectivity index (χ1n) is 6.07. The molecule has 3 N–H and O–H groups in total. The summed E-state index contributed by atoms with van der Waals surface area (Å²) in [6, 6.07) is 6.04. The van der Waals surface area contributed by atoms with Crippen molar-refractivity contribution in [1.29, 1.82) is 0 Å². The van der Waals surface area contributed by atoms with Gasteiger partial charge in [0, 0.05) is 12.6 Å². The molecule has 0 saturated heterocycles. The van der Waals surface area contributed by atoms with E-state index in [1.165, 1.54) is 12.1 Å². The van der Waals surface area contributed by atoms with E-state index in [-0.39, 0.29) is 11.9 Å². The molecular formula is C13H20FN3O. The molecule has 18 heavy (non-hydrogen) atoms.